The van der Waals surface area contributed by atoms with E-state index in [2.05, 4.69) is 10.6 Å². The number of aliphatic hydroxyl groups excluding tert-OH is 1. The standard InChI is InChI=1S/C18H27FN2O3/c1-24-12-16(22)9-10-20-18(23)21-17(13-5-2-3-6-13)14-7-4-8-15(19)11-14/h4,7-8,11,13,16-17,22H,2-3,5-6,9-10,12H2,1H3,(H2,20,21,23). The molecule has 0 aliphatic heterocycles. The van der Waals surface area contributed by atoms with E-state index in [1.54, 1.807) is 6.07 Å². The molecule has 1 aliphatic carbocycles. The number of methoxy groups -OCH3 is 1. The highest BCUT2D eigenvalue weighted by Crippen LogP contribution is 2.35. The molecule has 24 heavy (non-hydrogen) atoms. The van der Waals surface area contributed by atoms with Gasteiger partial charge in [-0.2, -0.15) is 0 Å². The van der Waals surface area contributed by atoms with Crippen LogP contribution in [-0.4, -0.2) is 37.5 Å². The smallest absolute Gasteiger partial charge is 0.315 e. The van der Waals surface area contributed by atoms with Gasteiger partial charge < -0.3 is 20.5 Å². The Labute approximate surface area is 142 Å². The summed E-state index contributed by atoms with van der Waals surface area (Å²) in [5, 5.41) is 15.3. The SMILES string of the molecule is COCC(O)CCNC(=O)NC(c1cccc(F)c1)C1CCCC1. The first-order chi connectivity index (χ1) is 11.6. The van der Waals surface area contributed by atoms with Crippen LogP contribution in [0.2, 0.25) is 0 Å². The second-order valence-corrected chi connectivity index (χ2v) is 6.38. The lowest BCUT2D eigenvalue weighted by Crippen LogP contribution is -2.41. The van der Waals surface area contributed by atoms with Gasteiger partial charge in [-0.05, 0) is 42.9 Å². The third-order valence-corrected chi connectivity index (χ3v) is 4.49. The topological polar surface area (TPSA) is 70.6 Å². The fraction of sp³-hybridized carbons (Fsp3) is 0.611. The normalized spacial score (nSPS) is 17.5. The first-order valence-corrected chi connectivity index (χ1v) is 8.57. The van der Waals surface area contributed by atoms with E-state index in [1.165, 1.54) is 19.2 Å². The summed E-state index contributed by atoms with van der Waals surface area (Å²) in [6, 6.07) is 5.95. The molecule has 0 bridgehead atoms. The molecule has 6 heteroatoms. The predicted molar refractivity (Wildman–Crippen MR) is 90.1 cm³/mol. The number of hydrogen-bond donors (Lipinski definition) is 3. The Morgan fingerprint density at radius 1 is 1.42 bits per heavy atom. The lowest BCUT2D eigenvalue weighted by atomic mass is 9.91. The second-order valence-electron chi connectivity index (χ2n) is 6.38. The van der Waals surface area contributed by atoms with Crippen molar-refractivity contribution in [1.82, 2.24) is 10.6 Å². The first kappa shape index (κ1) is 18.7. The van der Waals surface area contributed by atoms with Gasteiger partial charge in [0, 0.05) is 13.7 Å². The van der Waals surface area contributed by atoms with E-state index in [0.29, 0.717) is 18.9 Å². The van der Waals surface area contributed by atoms with Crippen LogP contribution in [0.3, 0.4) is 0 Å². The van der Waals surface area contributed by atoms with E-state index in [1.807, 2.05) is 6.07 Å². The van der Waals surface area contributed by atoms with E-state index in [4.69, 9.17) is 4.74 Å². The fourth-order valence-electron chi connectivity index (χ4n) is 3.28. The first-order valence-electron chi connectivity index (χ1n) is 8.57. The minimum Gasteiger partial charge on any atom is -0.391 e. The highest BCUT2D eigenvalue weighted by atomic mass is 19.1. The highest BCUT2D eigenvalue weighted by Gasteiger charge is 2.28. The van der Waals surface area contributed by atoms with Crippen molar-refractivity contribution < 1.29 is 19.0 Å². The Morgan fingerprint density at radius 2 is 2.17 bits per heavy atom. The Kier molecular flexibility index (Phi) is 7.46. The van der Waals surface area contributed by atoms with Gasteiger partial charge >= 0.3 is 6.03 Å². The molecule has 3 N–H and O–H groups in total. The van der Waals surface area contributed by atoms with Gasteiger partial charge in [-0.1, -0.05) is 25.0 Å². The van der Waals surface area contributed by atoms with Crippen molar-refractivity contribution in [3.8, 4) is 0 Å². The Balaban J connectivity index is 1.91. The van der Waals surface area contributed by atoms with E-state index >= 15 is 0 Å². The van der Waals surface area contributed by atoms with Crippen molar-refractivity contribution in [3.05, 3.63) is 35.6 Å². The van der Waals surface area contributed by atoms with E-state index in [9.17, 15) is 14.3 Å². The van der Waals surface area contributed by atoms with Crippen LogP contribution >= 0.6 is 0 Å². The monoisotopic (exact) mass is 338 g/mol. The number of rotatable bonds is 8. The summed E-state index contributed by atoms with van der Waals surface area (Å²) in [7, 11) is 1.52. The Bertz CT molecular complexity index is 521. The molecule has 2 rings (SSSR count). The van der Waals surface area contributed by atoms with Crippen LogP contribution in [0.5, 0.6) is 0 Å². The molecule has 1 saturated carbocycles. The summed E-state index contributed by atoms with van der Waals surface area (Å²) in [5.74, 6) is 0.0389. The zero-order chi connectivity index (χ0) is 17.4. The fourth-order valence-corrected chi connectivity index (χ4v) is 3.28. The van der Waals surface area contributed by atoms with Crippen molar-refractivity contribution in [2.24, 2.45) is 5.92 Å². The average Bonchev–Trinajstić information content (AvgIpc) is 3.07. The zero-order valence-electron chi connectivity index (χ0n) is 14.1. The molecule has 2 atom stereocenters. The summed E-state index contributed by atoms with van der Waals surface area (Å²) in [5.41, 5.74) is 0.802. The van der Waals surface area contributed by atoms with Crippen molar-refractivity contribution in [2.75, 3.05) is 20.3 Å². The van der Waals surface area contributed by atoms with Gasteiger partial charge in [0.15, 0.2) is 0 Å². The maximum atomic E-state index is 13.5. The number of hydrogen-bond acceptors (Lipinski definition) is 3. The van der Waals surface area contributed by atoms with Gasteiger partial charge in [-0.25, -0.2) is 9.18 Å². The number of amides is 2. The summed E-state index contributed by atoms with van der Waals surface area (Å²) >= 11 is 0. The van der Waals surface area contributed by atoms with Crippen LogP contribution in [0.25, 0.3) is 0 Å². The van der Waals surface area contributed by atoms with Gasteiger partial charge in [0.25, 0.3) is 0 Å². The number of halogens is 1. The third kappa shape index (κ3) is 5.76. The summed E-state index contributed by atoms with van der Waals surface area (Å²) in [4.78, 5) is 12.2. The van der Waals surface area contributed by atoms with E-state index in [0.717, 1.165) is 31.2 Å². The molecule has 1 aliphatic rings. The summed E-state index contributed by atoms with van der Waals surface area (Å²) < 4.78 is 18.4. The summed E-state index contributed by atoms with van der Waals surface area (Å²) in [6.45, 7) is 0.605. The molecule has 1 aromatic carbocycles. The lowest BCUT2D eigenvalue weighted by Gasteiger charge is -2.25. The number of carbonyl (C=O) groups excluding carboxylic acids is 1. The average molecular weight is 338 g/mol. The third-order valence-electron chi connectivity index (χ3n) is 4.49. The van der Waals surface area contributed by atoms with E-state index in [-0.39, 0.29) is 24.5 Å². The van der Waals surface area contributed by atoms with Crippen LogP contribution in [-0.2, 0) is 4.74 Å². The molecule has 2 unspecified atom stereocenters. The van der Waals surface area contributed by atoms with Gasteiger partial charge in [0.05, 0.1) is 18.8 Å². The predicted octanol–water partition coefficient (Wildman–Crippen LogP) is 2.75. The van der Waals surface area contributed by atoms with Gasteiger partial charge in [-0.3, -0.25) is 0 Å². The van der Waals surface area contributed by atoms with E-state index < -0.39 is 6.10 Å². The van der Waals surface area contributed by atoms with Crippen LogP contribution in [0.15, 0.2) is 24.3 Å². The van der Waals surface area contributed by atoms with Gasteiger partial charge in [0.2, 0.25) is 0 Å². The number of urea groups is 1. The van der Waals surface area contributed by atoms with Crippen molar-refractivity contribution in [1.29, 1.82) is 0 Å². The molecular formula is C18H27FN2O3. The Hall–Kier alpha value is -1.66. The number of carbonyl (C=O) groups is 1. The number of nitrogens with one attached hydrogen (secondary N) is 2. The maximum absolute atomic E-state index is 13.5. The van der Waals surface area contributed by atoms with Crippen LogP contribution < -0.4 is 10.6 Å². The van der Waals surface area contributed by atoms with Crippen LogP contribution in [0.1, 0.15) is 43.7 Å². The molecule has 134 valence electrons. The molecule has 5 nitrogen and oxygen atoms in total. The Morgan fingerprint density at radius 3 is 2.83 bits per heavy atom. The molecule has 1 aromatic rings. The number of ether oxygens (including phenoxy) is 1. The molecule has 0 aromatic heterocycles. The number of aliphatic hydroxyl groups is 1. The van der Waals surface area contributed by atoms with Crippen molar-refractivity contribution in [3.63, 3.8) is 0 Å². The molecule has 0 saturated heterocycles. The lowest BCUT2D eigenvalue weighted by molar-refractivity contribution is 0.0598. The van der Waals surface area contributed by atoms with Crippen molar-refractivity contribution >= 4 is 6.03 Å². The minimum atomic E-state index is -0.593. The highest BCUT2D eigenvalue weighted by molar-refractivity contribution is 5.74. The molecule has 0 radical (unpaired) electrons. The molecule has 0 heterocycles. The molecule has 2 amide bonds. The van der Waals surface area contributed by atoms with Gasteiger partial charge in [0.1, 0.15) is 5.82 Å². The van der Waals surface area contributed by atoms with Crippen molar-refractivity contribution in [2.45, 2.75) is 44.2 Å². The molecular weight excluding hydrogens is 311 g/mol. The quantitative estimate of drug-likeness (QED) is 0.682. The van der Waals surface area contributed by atoms with Crippen LogP contribution in [0, 0.1) is 11.7 Å². The molecule has 0 spiro atoms. The largest absolute Gasteiger partial charge is 0.391 e. The zero-order valence-corrected chi connectivity index (χ0v) is 14.1. The summed E-state index contributed by atoms with van der Waals surface area (Å²) in [6.07, 6.45) is 4.19. The van der Waals surface area contributed by atoms with Gasteiger partial charge in [-0.15, -0.1) is 0 Å². The minimum absolute atomic E-state index is 0.188. The maximum Gasteiger partial charge on any atom is 0.315 e. The second kappa shape index (κ2) is 9.59. The molecule has 1 fully saturated rings. The van der Waals surface area contributed by atoms with Crippen LogP contribution in [0.4, 0.5) is 9.18 Å². The number of benzene rings is 1.